The van der Waals surface area contributed by atoms with E-state index in [0.717, 1.165) is 31.2 Å². The normalized spacial score (nSPS) is 19.9. The van der Waals surface area contributed by atoms with Crippen molar-refractivity contribution in [2.75, 3.05) is 13.1 Å². The van der Waals surface area contributed by atoms with E-state index >= 15 is 0 Å². The fourth-order valence-electron chi connectivity index (χ4n) is 4.53. The Morgan fingerprint density at radius 2 is 1.87 bits per heavy atom. The number of hydrogen-bond acceptors (Lipinski definition) is 4. The summed E-state index contributed by atoms with van der Waals surface area (Å²) in [7, 11) is 0. The SMILES string of the molecule is O=C(NC1CCCCC1)C1CCCN(C(=O)CCc2ncc(-c3ccc(F)cc3)o2)C1. The van der Waals surface area contributed by atoms with Gasteiger partial charge in [-0.05, 0) is 49.9 Å². The average Bonchev–Trinajstić information content (AvgIpc) is 3.28. The highest BCUT2D eigenvalue weighted by atomic mass is 19.1. The number of oxazole rings is 1. The third kappa shape index (κ3) is 5.71. The molecule has 1 saturated heterocycles. The molecule has 2 heterocycles. The summed E-state index contributed by atoms with van der Waals surface area (Å²) in [4.78, 5) is 31.5. The van der Waals surface area contributed by atoms with Gasteiger partial charge in [0, 0.05) is 37.5 Å². The molecule has 6 nitrogen and oxygen atoms in total. The van der Waals surface area contributed by atoms with Gasteiger partial charge < -0.3 is 14.6 Å². The van der Waals surface area contributed by atoms with E-state index in [4.69, 9.17) is 4.42 Å². The quantitative estimate of drug-likeness (QED) is 0.753. The molecule has 1 aliphatic heterocycles. The summed E-state index contributed by atoms with van der Waals surface area (Å²) in [5, 5.41) is 3.20. The summed E-state index contributed by atoms with van der Waals surface area (Å²) in [5.41, 5.74) is 0.745. The highest BCUT2D eigenvalue weighted by molar-refractivity contribution is 5.81. The maximum absolute atomic E-state index is 13.1. The van der Waals surface area contributed by atoms with Gasteiger partial charge in [0.1, 0.15) is 5.82 Å². The van der Waals surface area contributed by atoms with Gasteiger partial charge in [0.2, 0.25) is 11.8 Å². The lowest BCUT2D eigenvalue weighted by Crippen LogP contribution is -2.48. The zero-order valence-corrected chi connectivity index (χ0v) is 17.8. The Morgan fingerprint density at radius 1 is 1.10 bits per heavy atom. The van der Waals surface area contributed by atoms with Crippen molar-refractivity contribution in [3.8, 4) is 11.3 Å². The van der Waals surface area contributed by atoms with Gasteiger partial charge in [-0.15, -0.1) is 0 Å². The van der Waals surface area contributed by atoms with Crippen LogP contribution in [0.1, 0.15) is 57.3 Å². The Labute approximate surface area is 182 Å². The fourth-order valence-corrected chi connectivity index (χ4v) is 4.53. The summed E-state index contributed by atoms with van der Waals surface area (Å²) in [6, 6.07) is 6.32. The third-order valence-corrected chi connectivity index (χ3v) is 6.33. The molecular formula is C24H30FN3O3. The molecule has 0 spiro atoms. The smallest absolute Gasteiger partial charge is 0.225 e. The van der Waals surface area contributed by atoms with Gasteiger partial charge in [-0.2, -0.15) is 0 Å². The predicted molar refractivity (Wildman–Crippen MR) is 115 cm³/mol. The summed E-state index contributed by atoms with van der Waals surface area (Å²) in [5.74, 6) is 0.738. The van der Waals surface area contributed by atoms with Gasteiger partial charge in [0.15, 0.2) is 11.7 Å². The van der Waals surface area contributed by atoms with Crippen molar-refractivity contribution >= 4 is 11.8 Å². The average molecular weight is 428 g/mol. The molecule has 1 N–H and O–H groups in total. The molecule has 31 heavy (non-hydrogen) atoms. The Bertz CT molecular complexity index is 890. The summed E-state index contributed by atoms with van der Waals surface area (Å²) in [6.07, 6.45) is 9.73. The summed E-state index contributed by atoms with van der Waals surface area (Å²) in [6.45, 7) is 1.18. The lowest BCUT2D eigenvalue weighted by Gasteiger charge is -2.33. The van der Waals surface area contributed by atoms with Crippen LogP contribution >= 0.6 is 0 Å². The Kier molecular flexibility index (Phi) is 6.99. The first kappa shape index (κ1) is 21.5. The Morgan fingerprint density at radius 3 is 2.65 bits per heavy atom. The first-order valence-corrected chi connectivity index (χ1v) is 11.4. The number of carbonyl (C=O) groups excluding carboxylic acids is 2. The molecule has 166 valence electrons. The van der Waals surface area contributed by atoms with Gasteiger partial charge in [-0.3, -0.25) is 9.59 Å². The van der Waals surface area contributed by atoms with E-state index in [2.05, 4.69) is 10.3 Å². The van der Waals surface area contributed by atoms with Crippen LogP contribution in [0.4, 0.5) is 4.39 Å². The summed E-state index contributed by atoms with van der Waals surface area (Å²) >= 11 is 0. The highest BCUT2D eigenvalue weighted by Crippen LogP contribution is 2.23. The van der Waals surface area contributed by atoms with Crippen molar-refractivity contribution in [2.45, 2.75) is 63.8 Å². The molecule has 0 bridgehead atoms. The largest absolute Gasteiger partial charge is 0.441 e. The Hall–Kier alpha value is -2.70. The molecule has 7 heteroatoms. The van der Waals surface area contributed by atoms with Gasteiger partial charge in [-0.1, -0.05) is 19.3 Å². The number of carbonyl (C=O) groups is 2. The molecule has 1 aromatic heterocycles. The number of benzene rings is 1. The second-order valence-electron chi connectivity index (χ2n) is 8.65. The van der Waals surface area contributed by atoms with Crippen LogP contribution in [-0.2, 0) is 16.0 Å². The molecule has 1 aliphatic carbocycles. The lowest BCUT2D eigenvalue weighted by atomic mass is 9.93. The molecule has 1 saturated carbocycles. The minimum atomic E-state index is -0.304. The van der Waals surface area contributed by atoms with E-state index < -0.39 is 0 Å². The van der Waals surface area contributed by atoms with Crippen molar-refractivity contribution in [3.05, 3.63) is 42.2 Å². The number of nitrogens with one attached hydrogen (secondary N) is 1. The molecular weight excluding hydrogens is 397 g/mol. The van der Waals surface area contributed by atoms with Crippen molar-refractivity contribution in [2.24, 2.45) is 5.92 Å². The van der Waals surface area contributed by atoms with Crippen LogP contribution in [-0.4, -0.2) is 40.8 Å². The predicted octanol–water partition coefficient (Wildman–Crippen LogP) is 4.10. The van der Waals surface area contributed by atoms with Gasteiger partial charge in [0.25, 0.3) is 0 Å². The van der Waals surface area contributed by atoms with E-state index in [1.54, 1.807) is 23.2 Å². The van der Waals surface area contributed by atoms with Crippen LogP contribution < -0.4 is 5.32 Å². The molecule has 0 radical (unpaired) electrons. The number of aryl methyl sites for hydroxylation is 1. The van der Waals surface area contributed by atoms with Crippen molar-refractivity contribution in [1.29, 1.82) is 0 Å². The molecule has 1 unspecified atom stereocenters. The first-order chi connectivity index (χ1) is 15.1. The Balaban J connectivity index is 1.26. The number of likely N-dealkylation sites (tertiary alicyclic amines) is 1. The first-order valence-electron chi connectivity index (χ1n) is 11.4. The van der Waals surface area contributed by atoms with E-state index in [1.807, 2.05) is 0 Å². The number of piperidine rings is 1. The molecule has 2 amide bonds. The lowest BCUT2D eigenvalue weighted by molar-refractivity contribution is -0.136. The maximum Gasteiger partial charge on any atom is 0.225 e. The van der Waals surface area contributed by atoms with Crippen LogP contribution in [0.3, 0.4) is 0 Å². The number of hydrogen-bond donors (Lipinski definition) is 1. The summed E-state index contributed by atoms with van der Waals surface area (Å²) < 4.78 is 18.8. The number of rotatable bonds is 6. The van der Waals surface area contributed by atoms with Crippen LogP contribution in [0.15, 0.2) is 34.9 Å². The van der Waals surface area contributed by atoms with E-state index in [9.17, 15) is 14.0 Å². The molecule has 4 rings (SSSR count). The minimum absolute atomic E-state index is 0.0247. The fraction of sp³-hybridized carbons (Fsp3) is 0.542. The second kappa shape index (κ2) is 10.1. The minimum Gasteiger partial charge on any atom is -0.441 e. The van der Waals surface area contributed by atoms with Crippen LogP contribution in [0.5, 0.6) is 0 Å². The second-order valence-corrected chi connectivity index (χ2v) is 8.65. The van der Waals surface area contributed by atoms with Crippen molar-refractivity contribution in [1.82, 2.24) is 15.2 Å². The topological polar surface area (TPSA) is 75.4 Å². The number of nitrogens with zero attached hydrogens (tertiary/aromatic N) is 2. The standard InChI is InChI=1S/C24H30FN3O3/c25-19-10-8-17(9-11-19)21-15-26-22(31-21)12-13-23(29)28-14-4-5-18(16-28)24(30)27-20-6-2-1-3-7-20/h8-11,15,18,20H,1-7,12-14,16H2,(H,27,30). The molecule has 1 aromatic carbocycles. The van der Waals surface area contributed by atoms with Crippen LogP contribution in [0, 0.1) is 11.7 Å². The van der Waals surface area contributed by atoms with Crippen molar-refractivity contribution in [3.63, 3.8) is 0 Å². The highest BCUT2D eigenvalue weighted by Gasteiger charge is 2.29. The van der Waals surface area contributed by atoms with Crippen LogP contribution in [0.25, 0.3) is 11.3 Å². The van der Waals surface area contributed by atoms with E-state index in [1.165, 1.54) is 31.4 Å². The zero-order valence-electron chi connectivity index (χ0n) is 17.8. The number of aromatic nitrogens is 1. The molecule has 2 fully saturated rings. The third-order valence-electron chi connectivity index (χ3n) is 6.33. The van der Waals surface area contributed by atoms with Gasteiger partial charge >= 0.3 is 0 Å². The van der Waals surface area contributed by atoms with Gasteiger partial charge in [0.05, 0.1) is 12.1 Å². The zero-order chi connectivity index (χ0) is 21.6. The maximum atomic E-state index is 13.1. The monoisotopic (exact) mass is 427 g/mol. The van der Waals surface area contributed by atoms with Crippen molar-refractivity contribution < 1.29 is 18.4 Å². The molecule has 2 aromatic rings. The van der Waals surface area contributed by atoms with E-state index in [-0.39, 0.29) is 23.5 Å². The van der Waals surface area contributed by atoms with Crippen LogP contribution in [0.2, 0.25) is 0 Å². The van der Waals surface area contributed by atoms with Gasteiger partial charge in [-0.25, -0.2) is 9.37 Å². The molecule has 1 atom stereocenters. The molecule has 2 aliphatic rings. The number of amides is 2. The van der Waals surface area contributed by atoms with E-state index in [0.29, 0.717) is 43.6 Å². The number of halogens is 1.